The molecule has 36 heavy (non-hydrogen) atoms. The molecule has 0 unspecified atom stereocenters. The third-order valence-electron chi connectivity index (χ3n) is 6.31. The number of benzene rings is 3. The fourth-order valence-corrected chi connectivity index (χ4v) is 5.16. The summed E-state index contributed by atoms with van der Waals surface area (Å²) in [5.74, 6) is -1.24. The highest BCUT2D eigenvalue weighted by Gasteiger charge is 2.44. The predicted molar refractivity (Wildman–Crippen MR) is 138 cm³/mol. The third-order valence-corrected chi connectivity index (χ3v) is 6.80. The van der Waals surface area contributed by atoms with Gasteiger partial charge in [0.25, 0.3) is 0 Å². The van der Waals surface area contributed by atoms with Crippen molar-refractivity contribution in [3.63, 3.8) is 0 Å². The van der Waals surface area contributed by atoms with E-state index in [9.17, 15) is 14.0 Å². The van der Waals surface area contributed by atoms with Crippen LogP contribution in [0.25, 0.3) is 5.70 Å². The first-order chi connectivity index (χ1) is 17.4. The van der Waals surface area contributed by atoms with Crippen LogP contribution in [0.4, 0.5) is 4.39 Å². The summed E-state index contributed by atoms with van der Waals surface area (Å²) in [5, 5.41) is 3.30. The molecule has 5 nitrogen and oxygen atoms in total. The maximum absolute atomic E-state index is 13.7. The molecule has 1 atom stereocenters. The number of esters is 1. The Labute approximate surface area is 216 Å². The molecule has 1 N–H and O–H groups in total. The molecule has 0 aromatic heterocycles. The lowest BCUT2D eigenvalue weighted by atomic mass is 9.79. The van der Waals surface area contributed by atoms with Crippen molar-refractivity contribution in [3.8, 4) is 5.75 Å². The number of rotatable bonds is 6. The lowest BCUT2D eigenvalue weighted by Gasteiger charge is -2.30. The van der Waals surface area contributed by atoms with Crippen LogP contribution in [0, 0.1) is 5.82 Å². The second kappa shape index (κ2) is 9.74. The fourth-order valence-electron chi connectivity index (χ4n) is 4.78. The van der Waals surface area contributed by atoms with Crippen LogP contribution in [0.1, 0.15) is 46.8 Å². The molecule has 1 aliphatic carbocycles. The second-order valence-electron chi connectivity index (χ2n) is 8.58. The van der Waals surface area contributed by atoms with Crippen molar-refractivity contribution in [3.05, 3.63) is 116 Å². The highest BCUT2D eigenvalue weighted by Crippen LogP contribution is 2.49. The van der Waals surface area contributed by atoms with Crippen LogP contribution in [0.5, 0.6) is 5.75 Å². The zero-order valence-corrected chi connectivity index (χ0v) is 21.3. The molecule has 0 spiro atoms. The highest BCUT2D eigenvalue weighted by molar-refractivity contribution is 9.10. The van der Waals surface area contributed by atoms with E-state index in [1.54, 1.807) is 38.1 Å². The number of hydrogen-bond donors (Lipinski definition) is 1. The standard InChI is InChI=1S/C29H23BrFNO4/c1-3-35-29(34)24-16(2)32-27-20-9-4-5-10-21(20)28(33)26(27)25(24)22-14-18(30)11-12-23(22)36-15-17-7-6-8-19(31)13-17/h4-14,25,32H,3,15H2,1-2H3/t25-/m1/s1. The molecular weight excluding hydrogens is 525 g/mol. The molecule has 3 aromatic carbocycles. The SMILES string of the molecule is CCOC(=O)C1=C(C)NC2=C(C(=O)c3ccccc32)[C@@H]1c1cc(Br)ccc1OCc1cccc(F)c1. The van der Waals surface area contributed by atoms with Gasteiger partial charge in [-0.1, -0.05) is 52.3 Å². The Morgan fingerprint density at radius 3 is 2.58 bits per heavy atom. The van der Waals surface area contributed by atoms with Crippen LogP contribution in [0.2, 0.25) is 0 Å². The first-order valence-electron chi connectivity index (χ1n) is 11.6. The molecule has 7 heteroatoms. The van der Waals surface area contributed by atoms with Gasteiger partial charge in [0.2, 0.25) is 0 Å². The van der Waals surface area contributed by atoms with E-state index in [2.05, 4.69) is 21.2 Å². The van der Waals surface area contributed by atoms with Crippen molar-refractivity contribution >= 4 is 33.4 Å². The van der Waals surface area contributed by atoms with Crippen molar-refractivity contribution in [1.29, 1.82) is 0 Å². The minimum absolute atomic E-state index is 0.120. The fraction of sp³-hybridized carbons (Fsp3) is 0.172. The number of fused-ring (bicyclic) bond motifs is 2. The summed E-state index contributed by atoms with van der Waals surface area (Å²) >= 11 is 3.53. The molecule has 0 radical (unpaired) electrons. The van der Waals surface area contributed by atoms with Gasteiger partial charge in [0.15, 0.2) is 5.78 Å². The van der Waals surface area contributed by atoms with E-state index in [0.717, 1.165) is 10.0 Å². The highest BCUT2D eigenvalue weighted by atomic mass is 79.9. The lowest BCUT2D eigenvalue weighted by Crippen LogP contribution is -2.29. The van der Waals surface area contributed by atoms with Crippen LogP contribution >= 0.6 is 15.9 Å². The Balaban J connectivity index is 1.65. The molecular formula is C29H23BrFNO4. The molecule has 1 aliphatic heterocycles. The summed E-state index contributed by atoms with van der Waals surface area (Å²) in [6, 6.07) is 19.0. The van der Waals surface area contributed by atoms with Gasteiger partial charge in [0.1, 0.15) is 18.2 Å². The number of halogens is 2. The van der Waals surface area contributed by atoms with Gasteiger partial charge in [-0.2, -0.15) is 0 Å². The van der Waals surface area contributed by atoms with Gasteiger partial charge >= 0.3 is 5.97 Å². The molecule has 0 bridgehead atoms. The molecule has 2 aliphatic rings. The summed E-state index contributed by atoms with van der Waals surface area (Å²) in [5.41, 5.74) is 4.79. The van der Waals surface area contributed by atoms with Crippen molar-refractivity contribution in [2.75, 3.05) is 6.61 Å². The van der Waals surface area contributed by atoms with Gasteiger partial charge in [0.05, 0.1) is 23.8 Å². The van der Waals surface area contributed by atoms with Crippen molar-refractivity contribution in [2.45, 2.75) is 26.4 Å². The topological polar surface area (TPSA) is 64.6 Å². The van der Waals surface area contributed by atoms with Gasteiger partial charge in [-0.05, 0) is 49.7 Å². The Bertz CT molecular complexity index is 1460. The first kappa shape index (κ1) is 24.0. The number of Topliss-reactive ketones (excluding diaryl/α,β-unsaturated/α-hetero) is 1. The Kier molecular flexibility index (Phi) is 6.49. The molecule has 182 valence electrons. The van der Waals surface area contributed by atoms with Crippen molar-refractivity contribution in [1.82, 2.24) is 5.32 Å². The van der Waals surface area contributed by atoms with Gasteiger partial charge in [-0.25, -0.2) is 9.18 Å². The van der Waals surface area contributed by atoms with Crippen molar-refractivity contribution < 1.29 is 23.5 Å². The van der Waals surface area contributed by atoms with E-state index in [-0.39, 0.29) is 24.8 Å². The van der Waals surface area contributed by atoms with E-state index >= 15 is 0 Å². The zero-order valence-electron chi connectivity index (χ0n) is 19.7. The van der Waals surface area contributed by atoms with E-state index < -0.39 is 11.9 Å². The van der Waals surface area contributed by atoms with Gasteiger partial charge in [0, 0.05) is 32.4 Å². The summed E-state index contributed by atoms with van der Waals surface area (Å²) in [6.45, 7) is 3.87. The number of allylic oxidation sites excluding steroid dienone is 2. The lowest BCUT2D eigenvalue weighted by molar-refractivity contribution is -0.138. The largest absolute Gasteiger partial charge is 0.489 e. The zero-order chi connectivity index (χ0) is 25.4. The number of nitrogens with one attached hydrogen (secondary N) is 1. The van der Waals surface area contributed by atoms with Crippen LogP contribution in [0.15, 0.2) is 88.0 Å². The number of ketones is 1. The smallest absolute Gasteiger partial charge is 0.336 e. The molecule has 0 saturated carbocycles. The molecule has 0 amide bonds. The number of hydrogen-bond acceptors (Lipinski definition) is 5. The number of dihydropyridines is 1. The van der Waals surface area contributed by atoms with E-state index in [0.29, 0.717) is 45.0 Å². The maximum Gasteiger partial charge on any atom is 0.336 e. The third kappa shape index (κ3) is 4.24. The van der Waals surface area contributed by atoms with Crippen LogP contribution < -0.4 is 10.1 Å². The number of ether oxygens (including phenoxy) is 2. The van der Waals surface area contributed by atoms with E-state index in [4.69, 9.17) is 9.47 Å². The van der Waals surface area contributed by atoms with Crippen LogP contribution in [-0.2, 0) is 16.1 Å². The monoisotopic (exact) mass is 547 g/mol. The average Bonchev–Trinajstić information content (AvgIpc) is 3.14. The summed E-state index contributed by atoms with van der Waals surface area (Å²) in [7, 11) is 0. The van der Waals surface area contributed by atoms with Gasteiger partial charge in [-0.15, -0.1) is 0 Å². The number of carbonyl (C=O) groups excluding carboxylic acids is 2. The Morgan fingerprint density at radius 1 is 1.06 bits per heavy atom. The molecule has 5 rings (SSSR count). The average molecular weight is 548 g/mol. The Hall–Kier alpha value is -3.71. The minimum Gasteiger partial charge on any atom is -0.489 e. The first-order valence-corrected chi connectivity index (χ1v) is 12.4. The summed E-state index contributed by atoms with van der Waals surface area (Å²) in [4.78, 5) is 26.9. The molecule has 0 saturated heterocycles. The Morgan fingerprint density at radius 2 is 1.83 bits per heavy atom. The predicted octanol–water partition coefficient (Wildman–Crippen LogP) is 6.30. The quantitative estimate of drug-likeness (QED) is 0.367. The summed E-state index contributed by atoms with van der Waals surface area (Å²) in [6.07, 6.45) is 0. The van der Waals surface area contributed by atoms with Crippen molar-refractivity contribution in [2.24, 2.45) is 0 Å². The van der Waals surface area contributed by atoms with Gasteiger partial charge < -0.3 is 14.8 Å². The summed E-state index contributed by atoms with van der Waals surface area (Å²) < 4.78 is 26.1. The van der Waals surface area contributed by atoms with E-state index in [1.165, 1.54) is 12.1 Å². The molecule has 1 heterocycles. The second-order valence-corrected chi connectivity index (χ2v) is 9.50. The van der Waals surface area contributed by atoms with Crippen LogP contribution in [-0.4, -0.2) is 18.4 Å². The van der Waals surface area contributed by atoms with Crippen LogP contribution in [0.3, 0.4) is 0 Å². The minimum atomic E-state index is -0.722. The van der Waals surface area contributed by atoms with E-state index in [1.807, 2.05) is 30.3 Å². The molecule has 3 aromatic rings. The maximum atomic E-state index is 13.7. The number of carbonyl (C=O) groups is 2. The van der Waals surface area contributed by atoms with Gasteiger partial charge in [-0.3, -0.25) is 4.79 Å². The normalized spacial score (nSPS) is 16.4. The molecule has 0 fully saturated rings.